The van der Waals surface area contributed by atoms with Crippen molar-refractivity contribution in [1.82, 2.24) is 10.2 Å². The lowest BCUT2D eigenvalue weighted by Crippen LogP contribution is -2.46. The standard InChI is InChI=1S/C9H15N3O4/c1-16-8(14)6-3-2-4-12(6)5-7(13)11-9(10)15/h6H,2-5H2,1H3,(H3,10,11,13,15). The normalized spacial score (nSPS) is 20.4. The molecule has 16 heavy (non-hydrogen) atoms. The van der Waals surface area contributed by atoms with Gasteiger partial charge < -0.3 is 10.5 Å². The highest BCUT2D eigenvalue weighted by molar-refractivity contribution is 5.94. The van der Waals surface area contributed by atoms with Gasteiger partial charge in [0.2, 0.25) is 5.91 Å². The summed E-state index contributed by atoms with van der Waals surface area (Å²) in [5.41, 5.74) is 4.81. The van der Waals surface area contributed by atoms with Crippen LogP contribution in [0.3, 0.4) is 0 Å². The Morgan fingerprint density at radius 2 is 2.19 bits per heavy atom. The molecule has 3 amide bonds. The van der Waals surface area contributed by atoms with Crippen molar-refractivity contribution in [1.29, 1.82) is 0 Å². The highest BCUT2D eigenvalue weighted by Crippen LogP contribution is 2.17. The summed E-state index contributed by atoms with van der Waals surface area (Å²) in [6.45, 7) is 0.606. The van der Waals surface area contributed by atoms with Crippen molar-refractivity contribution < 1.29 is 19.1 Å². The first-order valence-corrected chi connectivity index (χ1v) is 4.95. The number of nitrogens with one attached hydrogen (secondary N) is 1. The molecule has 0 aromatic rings. The van der Waals surface area contributed by atoms with Crippen molar-refractivity contribution >= 4 is 17.9 Å². The second-order valence-corrected chi connectivity index (χ2v) is 3.56. The molecule has 3 N–H and O–H groups in total. The zero-order valence-corrected chi connectivity index (χ0v) is 9.06. The second kappa shape index (κ2) is 5.45. The van der Waals surface area contributed by atoms with Crippen molar-refractivity contribution in [2.24, 2.45) is 5.73 Å². The van der Waals surface area contributed by atoms with Crippen LogP contribution in [0.15, 0.2) is 0 Å². The van der Waals surface area contributed by atoms with Crippen LogP contribution in [0.5, 0.6) is 0 Å². The predicted octanol–water partition coefficient (Wildman–Crippen LogP) is -1.18. The van der Waals surface area contributed by atoms with Crippen LogP contribution in [0.2, 0.25) is 0 Å². The predicted molar refractivity (Wildman–Crippen MR) is 54.3 cm³/mol. The van der Waals surface area contributed by atoms with Gasteiger partial charge in [0.25, 0.3) is 0 Å². The number of esters is 1. The first kappa shape index (κ1) is 12.4. The summed E-state index contributed by atoms with van der Waals surface area (Å²) in [6, 6.07) is -1.29. The fourth-order valence-electron chi connectivity index (χ4n) is 1.78. The third kappa shape index (κ3) is 3.20. The zero-order chi connectivity index (χ0) is 12.1. The van der Waals surface area contributed by atoms with Gasteiger partial charge in [-0.05, 0) is 19.4 Å². The van der Waals surface area contributed by atoms with Gasteiger partial charge in [-0.15, -0.1) is 0 Å². The van der Waals surface area contributed by atoms with E-state index < -0.39 is 18.0 Å². The smallest absolute Gasteiger partial charge is 0.323 e. The Hall–Kier alpha value is -1.63. The maximum absolute atomic E-state index is 11.3. The highest BCUT2D eigenvalue weighted by Gasteiger charge is 2.32. The number of rotatable bonds is 3. The fraction of sp³-hybridized carbons (Fsp3) is 0.667. The molecule has 0 spiro atoms. The molecule has 7 heteroatoms. The molecule has 90 valence electrons. The van der Waals surface area contributed by atoms with Gasteiger partial charge in [-0.3, -0.25) is 19.8 Å². The van der Waals surface area contributed by atoms with Gasteiger partial charge in [0.1, 0.15) is 6.04 Å². The monoisotopic (exact) mass is 229 g/mol. The Labute approximate surface area is 92.9 Å². The van der Waals surface area contributed by atoms with Gasteiger partial charge in [0.15, 0.2) is 0 Å². The molecule has 0 saturated carbocycles. The number of amides is 3. The third-order valence-electron chi connectivity index (χ3n) is 2.45. The highest BCUT2D eigenvalue weighted by atomic mass is 16.5. The lowest BCUT2D eigenvalue weighted by atomic mass is 10.2. The van der Waals surface area contributed by atoms with Crippen molar-refractivity contribution in [3.8, 4) is 0 Å². The van der Waals surface area contributed by atoms with Gasteiger partial charge in [0, 0.05) is 0 Å². The van der Waals surface area contributed by atoms with E-state index in [9.17, 15) is 14.4 Å². The summed E-state index contributed by atoms with van der Waals surface area (Å²) in [5.74, 6) is -0.868. The van der Waals surface area contributed by atoms with Crippen molar-refractivity contribution in [3.05, 3.63) is 0 Å². The quantitative estimate of drug-likeness (QED) is 0.593. The zero-order valence-electron chi connectivity index (χ0n) is 9.06. The van der Waals surface area contributed by atoms with Crippen LogP contribution in [0.1, 0.15) is 12.8 Å². The summed E-state index contributed by atoms with van der Waals surface area (Å²) in [4.78, 5) is 34.7. The molecule has 0 aliphatic carbocycles. The molecule has 1 fully saturated rings. The van der Waals surface area contributed by atoms with Crippen LogP contribution < -0.4 is 11.1 Å². The number of carbonyl (C=O) groups excluding carboxylic acids is 3. The fourth-order valence-corrected chi connectivity index (χ4v) is 1.78. The van der Waals surface area contributed by atoms with Crippen LogP contribution in [-0.4, -0.2) is 49.0 Å². The minimum absolute atomic E-state index is 0.0251. The van der Waals surface area contributed by atoms with Crippen molar-refractivity contribution in [2.45, 2.75) is 18.9 Å². The van der Waals surface area contributed by atoms with E-state index in [4.69, 9.17) is 5.73 Å². The molecule has 1 unspecified atom stereocenters. The molecule has 1 heterocycles. The van der Waals surface area contributed by atoms with Gasteiger partial charge in [-0.2, -0.15) is 0 Å². The first-order valence-electron chi connectivity index (χ1n) is 4.95. The summed E-state index contributed by atoms with van der Waals surface area (Å²) >= 11 is 0. The third-order valence-corrected chi connectivity index (χ3v) is 2.45. The van der Waals surface area contributed by atoms with Gasteiger partial charge >= 0.3 is 12.0 Å². The molecule has 1 rings (SSSR count). The summed E-state index contributed by atoms with van der Waals surface area (Å²) < 4.78 is 4.62. The molecule has 1 aliphatic rings. The van der Waals surface area contributed by atoms with Gasteiger partial charge in [-0.25, -0.2) is 4.79 Å². The number of likely N-dealkylation sites (tertiary alicyclic amines) is 1. The number of hydrogen-bond acceptors (Lipinski definition) is 5. The molecule has 1 aliphatic heterocycles. The van der Waals surface area contributed by atoms with E-state index in [1.54, 1.807) is 4.90 Å². The average Bonchev–Trinajstić information content (AvgIpc) is 2.63. The molecule has 0 aromatic heterocycles. The van der Waals surface area contributed by atoms with Gasteiger partial charge in [-0.1, -0.05) is 0 Å². The van der Waals surface area contributed by atoms with E-state index in [0.717, 1.165) is 6.42 Å². The van der Waals surface area contributed by atoms with E-state index in [0.29, 0.717) is 13.0 Å². The van der Waals surface area contributed by atoms with Crippen LogP contribution in [-0.2, 0) is 14.3 Å². The number of nitrogens with zero attached hydrogens (tertiary/aromatic N) is 1. The lowest BCUT2D eigenvalue weighted by Gasteiger charge is -2.20. The molecule has 0 radical (unpaired) electrons. The van der Waals surface area contributed by atoms with E-state index in [1.807, 2.05) is 5.32 Å². The molecule has 1 saturated heterocycles. The van der Waals surface area contributed by atoms with E-state index in [2.05, 4.69) is 4.74 Å². The maximum Gasteiger partial charge on any atom is 0.323 e. The number of carbonyl (C=O) groups is 3. The minimum atomic E-state index is -0.890. The van der Waals surface area contributed by atoms with Crippen LogP contribution >= 0.6 is 0 Å². The Morgan fingerprint density at radius 1 is 1.50 bits per heavy atom. The topological polar surface area (TPSA) is 102 Å². The number of primary amides is 1. The SMILES string of the molecule is COC(=O)C1CCCN1CC(=O)NC(N)=O. The number of nitrogens with two attached hydrogens (primary N) is 1. The molecule has 7 nitrogen and oxygen atoms in total. The number of ether oxygens (including phenoxy) is 1. The summed E-state index contributed by atoms with van der Waals surface area (Å²) in [5, 5.41) is 1.95. The number of urea groups is 1. The largest absolute Gasteiger partial charge is 0.468 e. The number of methoxy groups -OCH3 is 1. The lowest BCUT2D eigenvalue weighted by molar-refractivity contribution is -0.146. The second-order valence-electron chi connectivity index (χ2n) is 3.56. The van der Waals surface area contributed by atoms with Crippen molar-refractivity contribution in [3.63, 3.8) is 0 Å². The van der Waals surface area contributed by atoms with E-state index in [-0.39, 0.29) is 12.5 Å². The van der Waals surface area contributed by atoms with Crippen LogP contribution in [0.25, 0.3) is 0 Å². The maximum atomic E-state index is 11.3. The molecule has 1 atom stereocenters. The average molecular weight is 229 g/mol. The van der Waals surface area contributed by atoms with Crippen LogP contribution in [0, 0.1) is 0 Å². The van der Waals surface area contributed by atoms with Gasteiger partial charge in [0.05, 0.1) is 13.7 Å². The molecular weight excluding hydrogens is 214 g/mol. The molecule has 0 bridgehead atoms. The number of imide groups is 1. The molecular formula is C9H15N3O4. The van der Waals surface area contributed by atoms with E-state index >= 15 is 0 Å². The van der Waals surface area contributed by atoms with Crippen LogP contribution in [0.4, 0.5) is 4.79 Å². The van der Waals surface area contributed by atoms with Crippen molar-refractivity contribution in [2.75, 3.05) is 20.2 Å². The minimum Gasteiger partial charge on any atom is -0.468 e. The Balaban J connectivity index is 2.49. The summed E-state index contributed by atoms with van der Waals surface area (Å²) in [6.07, 6.45) is 1.49. The Morgan fingerprint density at radius 3 is 2.75 bits per heavy atom. The first-order chi connectivity index (χ1) is 7.54. The number of hydrogen-bond donors (Lipinski definition) is 2. The van der Waals surface area contributed by atoms with E-state index in [1.165, 1.54) is 7.11 Å². The Kier molecular flexibility index (Phi) is 4.24. The molecule has 0 aromatic carbocycles. The summed E-state index contributed by atoms with van der Waals surface area (Å²) in [7, 11) is 1.31. The Bertz CT molecular complexity index is 305.